The molecule has 5 aliphatic rings. The minimum absolute atomic E-state index is 0.0397. The number of esters is 3. The molecular formula is C30H32O15. The minimum Gasteiger partial charge on any atom is -0.504 e. The molecule has 5 fully saturated rings. The lowest BCUT2D eigenvalue weighted by Crippen LogP contribution is -2.80. The summed E-state index contributed by atoms with van der Waals surface area (Å²) in [5, 5.41) is 71.9. The van der Waals surface area contributed by atoms with Gasteiger partial charge in [0.25, 0.3) is 0 Å². The molecule has 3 saturated carbocycles. The van der Waals surface area contributed by atoms with Gasteiger partial charge in [0.2, 0.25) is 0 Å². The molecule has 10 atom stereocenters. The number of ether oxygens (including phenoxy) is 5. The van der Waals surface area contributed by atoms with E-state index < -0.39 is 108 Å². The van der Waals surface area contributed by atoms with Crippen LogP contribution in [0.5, 0.6) is 17.2 Å². The number of aliphatic hydroxyl groups excluding tert-OH is 4. The number of aliphatic hydroxyl groups is 4. The smallest absolute Gasteiger partial charge is 0.338 e. The van der Waals surface area contributed by atoms with Crippen LogP contribution in [-0.2, 0) is 28.5 Å². The number of aromatic hydroxyl groups is 3. The highest BCUT2D eigenvalue weighted by atomic mass is 16.7. The quantitative estimate of drug-likeness (QED) is 0.110. The van der Waals surface area contributed by atoms with Crippen molar-refractivity contribution in [3.8, 4) is 17.2 Å². The van der Waals surface area contributed by atoms with Crippen LogP contribution in [0, 0.1) is 11.3 Å². The SMILES string of the molecule is C[C@]12C[C@@H](O)[C@H]3C[C@@]1(O[C@@H]1O[C@H](COC(=O)c4cc(O)c(O)c(O)c4)[C@@H](O)[C@H](O)[C@H]1O)[C@]3(COC(=O)c1ccccc1)C(=O)O2. The first-order valence-electron chi connectivity index (χ1n) is 14.2. The molecule has 0 amide bonds. The maximum atomic E-state index is 13.5. The van der Waals surface area contributed by atoms with Gasteiger partial charge in [-0.05, 0) is 37.6 Å². The van der Waals surface area contributed by atoms with E-state index >= 15 is 0 Å². The van der Waals surface area contributed by atoms with Crippen LogP contribution < -0.4 is 0 Å². The first kappa shape index (κ1) is 31.0. The average Bonchev–Trinajstić information content (AvgIpc) is 3.07. The first-order chi connectivity index (χ1) is 21.2. The van der Waals surface area contributed by atoms with E-state index in [-0.39, 0.29) is 24.0 Å². The van der Waals surface area contributed by atoms with Crippen molar-refractivity contribution in [3.63, 3.8) is 0 Å². The van der Waals surface area contributed by atoms with Crippen molar-refractivity contribution in [2.45, 2.75) is 67.8 Å². The summed E-state index contributed by atoms with van der Waals surface area (Å²) in [6.07, 6.45) is -9.73. The van der Waals surface area contributed by atoms with Gasteiger partial charge in [0, 0.05) is 12.3 Å². The van der Waals surface area contributed by atoms with Crippen LogP contribution in [0.4, 0.5) is 0 Å². The van der Waals surface area contributed by atoms with Crippen LogP contribution in [0.1, 0.15) is 40.5 Å². The summed E-state index contributed by atoms with van der Waals surface area (Å²) in [7, 11) is 0. The zero-order chi connectivity index (χ0) is 32.5. The van der Waals surface area contributed by atoms with E-state index in [1.165, 1.54) is 19.1 Å². The van der Waals surface area contributed by atoms with Gasteiger partial charge in [0.1, 0.15) is 54.2 Å². The molecule has 15 nitrogen and oxygen atoms in total. The van der Waals surface area contributed by atoms with E-state index in [0.29, 0.717) is 0 Å². The highest BCUT2D eigenvalue weighted by molar-refractivity contribution is 5.91. The Labute approximate surface area is 255 Å². The summed E-state index contributed by atoms with van der Waals surface area (Å²) in [4.78, 5) is 38.9. The number of benzene rings is 2. The molecule has 2 heterocycles. The van der Waals surface area contributed by atoms with E-state index in [0.717, 1.165) is 12.1 Å². The fraction of sp³-hybridized carbons (Fsp3) is 0.500. The fourth-order valence-corrected chi connectivity index (χ4v) is 7.14. The Morgan fingerprint density at radius 2 is 1.53 bits per heavy atom. The summed E-state index contributed by atoms with van der Waals surface area (Å²) < 4.78 is 28.5. The Morgan fingerprint density at radius 1 is 0.889 bits per heavy atom. The molecule has 4 bridgehead atoms. The van der Waals surface area contributed by atoms with Gasteiger partial charge in [-0.15, -0.1) is 0 Å². The molecule has 0 aromatic heterocycles. The largest absolute Gasteiger partial charge is 0.504 e. The maximum absolute atomic E-state index is 13.5. The number of fused-ring (bicyclic) bond motifs is 1. The molecular weight excluding hydrogens is 600 g/mol. The standard InChI is InChI=1S/C30H32O15/c1-28-10-18(33)15-9-30(28,29(15,27(40)45-28)12-42-24(38)13-5-3-2-4-6-13)44-26-23(37)22(36)21(35)19(43-26)11-41-25(39)14-7-16(31)20(34)17(32)8-14/h2-8,15,18-19,21-23,26,31-37H,9-12H2,1H3/t15-,18-,19-,21-,22+,23-,26+,28+,29+,30+/m1/s1. The predicted octanol–water partition coefficient (Wildman–Crippen LogP) is -0.533. The molecule has 2 saturated heterocycles. The van der Waals surface area contributed by atoms with E-state index in [2.05, 4.69) is 0 Å². The van der Waals surface area contributed by atoms with Crippen LogP contribution >= 0.6 is 0 Å². The van der Waals surface area contributed by atoms with Crippen molar-refractivity contribution < 1.29 is 73.8 Å². The molecule has 0 unspecified atom stereocenters. The van der Waals surface area contributed by atoms with E-state index in [1.807, 2.05) is 0 Å². The van der Waals surface area contributed by atoms with Crippen LogP contribution in [0.25, 0.3) is 0 Å². The molecule has 2 aliphatic heterocycles. The number of hydrogen-bond acceptors (Lipinski definition) is 15. The summed E-state index contributed by atoms with van der Waals surface area (Å²) in [6, 6.07) is 9.70. The number of hydrogen-bond donors (Lipinski definition) is 7. The van der Waals surface area contributed by atoms with Gasteiger partial charge >= 0.3 is 17.9 Å². The molecule has 3 aliphatic carbocycles. The van der Waals surface area contributed by atoms with Crippen LogP contribution in [0.15, 0.2) is 42.5 Å². The van der Waals surface area contributed by atoms with Crippen LogP contribution in [0.2, 0.25) is 0 Å². The van der Waals surface area contributed by atoms with Gasteiger partial charge in [-0.2, -0.15) is 0 Å². The van der Waals surface area contributed by atoms with Crippen LogP contribution in [-0.4, -0.2) is 115 Å². The molecule has 7 rings (SSSR count). The Morgan fingerprint density at radius 3 is 2.20 bits per heavy atom. The van der Waals surface area contributed by atoms with Gasteiger partial charge in [-0.3, -0.25) is 4.79 Å². The Kier molecular flexibility index (Phi) is 7.46. The highest BCUT2D eigenvalue weighted by Gasteiger charge is 2.88. The monoisotopic (exact) mass is 632 g/mol. The average molecular weight is 633 g/mol. The second kappa shape index (κ2) is 10.8. The molecule has 0 spiro atoms. The zero-order valence-corrected chi connectivity index (χ0v) is 23.8. The summed E-state index contributed by atoms with van der Waals surface area (Å²) in [5.74, 6) is -5.78. The Balaban J connectivity index is 1.23. The van der Waals surface area contributed by atoms with E-state index in [4.69, 9.17) is 23.7 Å². The lowest BCUT2D eigenvalue weighted by Gasteiger charge is -2.66. The van der Waals surface area contributed by atoms with E-state index in [1.54, 1.807) is 18.2 Å². The normalized spacial score (nSPS) is 38.2. The second-order valence-corrected chi connectivity index (χ2v) is 12.0. The third-order valence-electron chi connectivity index (χ3n) is 9.57. The summed E-state index contributed by atoms with van der Waals surface area (Å²) in [6.45, 7) is 0.303. The lowest BCUT2D eigenvalue weighted by molar-refractivity contribution is -0.394. The second-order valence-electron chi connectivity index (χ2n) is 12.0. The summed E-state index contributed by atoms with van der Waals surface area (Å²) in [5.41, 5.74) is -4.89. The molecule has 15 heteroatoms. The van der Waals surface area contributed by atoms with Crippen LogP contribution in [0.3, 0.4) is 0 Å². The number of phenolic OH excluding ortho intramolecular Hbond substituents is 3. The third-order valence-corrected chi connectivity index (χ3v) is 9.57. The summed E-state index contributed by atoms with van der Waals surface area (Å²) >= 11 is 0. The van der Waals surface area contributed by atoms with Crippen molar-refractivity contribution >= 4 is 17.9 Å². The minimum atomic E-state index is -1.87. The lowest BCUT2D eigenvalue weighted by atomic mass is 9.40. The molecule has 242 valence electrons. The van der Waals surface area contributed by atoms with Crippen molar-refractivity contribution in [1.82, 2.24) is 0 Å². The maximum Gasteiger partial charge on any atom is 0.338 e. The molecule has 2 aromatic rings. The Hall–Kier alpha value is -3.99. The predicted molar refractivity (Wildman–Crippen MR) is 145 cm³/mol. The van der Waals surface area contributed by atoms with Gasteiger partial charge in [-0.1, -0.05) is 18.2 Å². The zero-order valence-electron chi connectivity index (χ0n) is 23.8. The topological polar surface area (TPSA) is 239 Å². The van der Waals surface area contributed by atoms with Gasteiger partial charge in [0.05, 0.1) is 17.2 Å². The van der Waals surface area contributed by atoms with E-state index in [9.17, 15) is 50.1 Å². The molecule has 0 radical (unpaired) electrons. The number of carbonyl (C=O) groups is 3. The van der Waals surface area contributed by atoms with Gasteiger partial charge in [-0.25, -0.2) is 9.59 Å². The first-order valence-corrected chi connectivity index (χ1v) is 14.2. The van der Waals surface area contributed by atoms with Gasteiger partial charge in [0.15, 0.2) is 23.5 Å². The number of phenols is 3. The number of carbonyl (C=O) groups excluding carboxylic acids is 3. The van der Waals surface area contributed by atoms with Crippen molar-refractivity contribution in [1.29, 1.82) is 0 Å². The molecule has 45 heavy (non-hydrogen) atoms. The van der Waals surface area contributed by atoms with Crippen molar-refractivity contribution in [2.24, 2.45) is 11.3 Å². The van der Waals surface area contributed by atoms with Crippen molar-refractivity contribution in [2.75, 3.05) is 13.2 Å². The molecule has 2 aromatic carbocycles. The molecule has 7 N–H and O–H groups in total. The number of rotatable bonds is 8. The van der Waals surface area contributed by atoms with Gasteiger partial charge < -0.3 is 59.4 Å². The van der Waals surface area contributed by atoms with Crippen molar-refractivity contribution in [3.05, 3.63) is 53.6 Å². The third kappa shape index (κ3) is 4.53. The Bertz CT molecular complexity index is 1490. The fourth-order valence-electron chi connectivity index (χ4n) is 7.14. The highest BCUT2D eigenvalue weighted by Crippen LogP contribution is 2.73.